The summed E-state index contributed by atoms with van der Waals surface area (Å²) in [6, 6.07) is 8.73. The van der Waals surface area contributed by atoms with Crippen LogP contribution in [-0.4, -0.2) is 20.5 Å². The monoisotopic (exact) mass is 348 g/mol. The highest BCUT2D eigenvalue weighted by atomic mass is 79.9. The molecule has 0 spiro atoms. The Hall–Kier alpha value is -1.13. The van der Waals surface area contributed by atoms with Crippen LogP contribution in [0.5, 0.6) is 0 Å². The number of benzene rings is 1. The van der Waals surface area contributed by atoms with E-state index in [0.717, 1.165) is 23.0 Å². The summed E-state index contributed by atoms with van der Waals surface area (Å²) >= 11 is 3.51. The predicted molar refractivity (Wildman–Crippen MR) is 87.4 cm³/mol. The van der Waals surface area contributed by atoms with Gasteiger partial charge in [-0.2, -0.15) is 5.10 Å². The van der Waals surface area contributed by atoms with Gasteiger partial charge >= 0.3 is 0 Å². The van der Waals surface area contributed by atoms with Crippen molar-refractivity contribution in [1.29, 1.82) is 0 Å². The summed E-state index contributed by atoms with van der Waals surface area (Å²) in [6.45, 7) is 4.22. The quantitative estimate of drug-likeness (QED) is 0.918. The first-order chi connectivity index (χ1) is 9.95. The molecule has 112 valence electrons. The molecule has 1 atom stereocenters. The zero-order chi connectivity index (χ0) is 15.0. The minimum atomic E-state index is -0.670. The summed E-state index contributed by atoms with van der Waals surface area (Å²) < 4.78 is 3.06. The van der Waals surface area contributed by atoms with Gasteiger partial charge in [0.25, 0.3) is 0 Å². The van der Waals surface area contributed by atoms with Gasteiger partial charge in [0, 0.05) is 29.6 Å². The van der Waals surface area contributed by atoms with Crippen molar-refractivity contribution in [3.05, 3.63) is 51.8 Å². The van der Waals surface area contributed by atoms with Crippen LogP contribution in [0.25, 0.3) is 0 Å². The molecule has 1 unspecified atom stereocenters. The molecule has 1 aromatic heterocycles. The van der Waals surface area contributed by atoms with Crippen molar-refractivity contribution in [3.63, 3.8) is 0 Å². The fourth-order valence-electron chi connectivity index (χ4n) is 3.06. The van der Waals surface area contributed by atoms with Gasteiger partial charge in [-0.15, -0.1) is 0 Å². The molecule has 0 saturated heterocycles. The highest BCUT2D eigenvalue weighted by molar-refractivity contribution is 9.10. The van der Waals surface area contributed by atoms with E-state index >= 15 is 0 Å². The van der Waals surface area contributed by atoms with Crippen molar-refractivity contribution >= 4 is 15.9 Å². The molecule has 3 rings (SSSR count). The second kappa shape index (κ2) is 5.58. The van der Waals surface area contributed by atoms with Gasteiger partial charge in [0.05, 0.1) is 11.3 Å². The Kier molecular flexibility index (Phi) is 3.93. The van der Waals surface area contributed by atoms with E-state index in [2.05, 4.69) is 53.1 Å². The number of aromatic nitrogens is 2. The molecule has 0 fully saturated rings. The van der Waals surface area contributed by atoms with Crippen LogP contribution in [0.4, 0.5) is 0 Å². The topological polar surface area (TPSA) is 38.0 Å². The molecule has 2 aromatic rings. The second-order valence-electron chi connectivity index (χ2n) is 6.37. The first-order valence-corrected chi connectivity index (χ1v) is 8.28. The summed E-state index contributed by atoms with van der Waals surface area (Å²) in [5.41, 5.74) is 2.92. The summed E-state index contributed by atoms with van der Waals surface area (Å²) in [6.07, 6.45) is 5.06. The molecular weight excluding hydrogens is 328 g/mol. The van der Waals surface area contributed by atoms with Gasteiger partial charge < -0.3 is 5.11 Å². The van der Waals surface area contributed by atoms with Crippen molar-refractivity contribution in [2.45, 2.75) is 51.2 Å². The Morgan fingerprint density at radius 2 is 2.14 bits per heavy atom. The van der Waals surface area contributed by atoms with Gasteiger partial charge in [-0.3, -0.25) is 4.68 Å². The molecule has 0 radical (unpaired) electrons. The Labute approximate surface area is 134 Å². The van der Waals surface area contributed by atoms with Crippen LogP contribution in [0, 0.1) is 0 Å². The summed E-state index contributed by atoms with van der Waals surface area (Å²) in [4.78, 5) is 0. The maximum atomic E-state index is 10.9. The highest BCUT2D eigenvalue weighted by Gasteiger charge is 2.33. The maximum Gasteiger partial charge on any atom is 0.0747 e. The van der Waals surface area contributed by atoms with Crippen molar-refractivity contribution in [2.75, 3.05) is 0 Å². The molecule has 1 N–H and O–H groups in total. The third-order valence-electron chi connectivity index (χ3n) is 4.25. The van der Waals surface area contributed by atoms with Crippen LogP contribution in [0.15, 0.2) is 34.9 Å². The average molecular weight is 349 g/mol. The summed E-state index contributed by atoms with van der Waals surface area (Å²) in [5.74, 6) is 0. The van der Waals surface area contributed by atoms with Crippen molar-refractivity contribution in [1.82, 2.24) is 9.78 Å². The molecule has 0 aliphatic heterocycles. The number of nitrogens with zero attached hydrogens (tertiary/aromatic N) is 2. The van der Waals surface area contributed by atoms with E-state index in [1.807, 2.05) is 16.9 Å². The minimum absolute atomic E-state index is 0.359. The molecule has 1 aromatic carbocycles. The van der Waals surface area contributed by atoms with E-state index in [1.165, 1.54) is 11.1 Å². The van der Waals surface area contributed by atoms with Crippen LogP contribution >= 0.6 is 15.9 Å². The number of hydrogen-bond donors (Lipinski definition) is 1. The fourth-order valence-corrected chi connectivity index (χ4v) is 3.47. The van der Waals surface area contributed by atoms with Crippen LogP contribution in [-0.2, 0) is 19.3 Å². The molecule has 0 amide bonds. The van der Waals surface area contributed by atoms with Crippen LogP contribution < -0.4 is 0 Å². The van der Waals surface area contributed by atoms with Crippen LogP contribution in [0.1, 0.15) is 43.1 Å². The van der Waals surface area contributed by atoms with E-state index < -0.39 is 5.60 Å². The molecule has 1 aliphatic carbocycles. The molecular formula is C17H21BrN2O. The lowest BCUT2D eigenvalue weighted by molar-refractivity contribution is 0.0256. The largest absolute Gasteiger partial charge is 0.389 e. The predicted octanol–water partition coefficient (Wildman–Crippen LogP) is 3.69. The molecule has 4 heteroatoms. The molecule has 0 saturated carbocycles. The first kappa shape index (κ1) is 14.8. The molecule has 3 nitrogen and oxygen atoms in total. The van der Waals surface area contributed by atoms with Gasteiger partial charge in [0.1, 0.15) is 0 Å². The minimum Gasteiger partial charge on any atom is -0.389 e. The molecule has 1 aliphatic rings. The van der Waals surface area contributed by atoms with Gasteiger partial charge in [0.2, 0.25) is 0 Å². The van der Waals surface area contributed by atoms with Crippen molar-refractivity contribution in [3.8, 4) is 0 Å². The second-order valence-corrected chi connectivity index (χ2v) is 7.29. The standard InChI is InChI=1S/C17H21BrN2O/c1-12(2)20-8-6-16(19-20)11-17(21)7-5-13-9-15(18)4-3-14(13)10-17/h3-4,6,8-9,12,21H,5,7,10-11H2,1-2H3. The third-order valence-corrected chi connectivity index (χ3v) is 4.74. The van der Waals surface area contributed by atoms with Gasteiger partial charge in [-0.25, -0.2) is 0 Å². The van der Waals surface area contributed by atoms with Crippen molar-refractivity contribution in [2.24, 2.45) is 0 Å². The normalized spacial score (nSPS) is 21.6. The van der Waals surface area contributed by atoms with Crippen LogP contribution in [0.3, 0.4) is 0 Å². The van der Waals surface area contributed by atoms with E-state index in [1.54, 1.807) is 0 Å². The molecule has 21 heavy (non-hydrogen) atoms. The van der Waals surface area contributed by atoms with E-state index in [9.17, 15) is 5.11 Å². The Balaban J connectivity index is 1.77. The highest BCUT2D eigenvalue weighted by Crippen LogP contribution is 2.32. The SMILES string of the molecule is CC(C)n1ccc(CC2(O)CCc3cc(Br)ccc3C2)n1. The Bertz CT molecular complexity index is 650. The number of fused-ring (bicyclic) bond motifs is 1. The lowest BCUT2D eigenvalue weighted by atomic mass is 9.78. The Morgan fingerprint density at radius 3 is 2.86 bits per heavy atom. The van der Waals surface area contributed by atoms with Gasteiger partial charge in [0.15, 0.2) is 0 Å². The van der Waals surface area contributed by atoms with E-state index in [0.29, 0.717) is 18.9 Å². The van der Waals surface area contributed by atoms with Crippen molar-refractivity contribution < 1.29 is 5.11 Å². The summed E-state index contributed by atoms with van der Waals surface area (Å²) in [7, 11) is 0. The van der Waals surface area contributed by atoms with E-state index in [-0.39, 0.29) is 0 Å². The summed E-state index contributed by atoms with van der Waals surface area (Å²) in [5, 5.41) is 15.5. The first-order valence-electron chi connectivity index (χ1n) is 7.49. The average Bonchev–Trinajstić information content (AvgIpc) is 2.87. The van der Waals surface area contributed by atoms with Crippen LogP contribution in [0.2, 0.25) is 0 Å². The number of hydrogen-bond acceptors (Lipinski definition) is 2. The number of rotatable bonds is 3. The van der Waals surface area contributed by atoms with Gasteiger partial charge in [-0.1, -0.05) is 22.0 Å². The zero-order valence-electron chi connectivity index (χ0n) is 12.5. The number of halogens is 1. The Morgan fingerprint density at radius 1 is 1.33 bits per heavy atom. The van der Waals surface area contributed by atoms with Gasteiger partial charge in [-0.05, 0) is 56.0 Å². The fraction of sp³-hybridized carbons (Fsp3) is 0.471. The number of aliphatic hydroxyl groups is 1. The smallest absolute Gasteiger partial charge is 0.0747 e. The number of aryl methyl sites for hydroxylation is 1. The van der Waals surface area contributed by atoms with E-state index in [4.69, 9.17) is 0 Å². The maximum absolute atomic E-state index is 10.9. The third kappa shape index (κ3) is 3.22. The molecule has 1 heterocycles. The zero-order valence-corrected chi connectivity index (χ0v) is 14.1. The lowest BCUT2D eigenvalue weighted by Crippen LogP contribution is -2.38. The molecule has 0 bridgehead atoms. The lowest BCUT2D eigenvalue weighted by Gasteiger charge is -2.33.